The number of benzene rings is 4. The Kier molecular flexibility index (Phi) is 7.37. The zero-order chi connectivity index (χ0) is 26.9. The number of nitrogens with zero attached hydrogens (tertiary/aromatic N) is 2. The molecule has 1 amide bonds. The number of methoxy groups -OCH3 is 1. The number of aromatic hydroxyl groups is 1. The van der Waals surface area contributed by atoms with Crippen molar-refractivity contribution in [2.45, 2.75) is 11.8 Å². The van der Waals surface area contributed by atoms with Crippen LogP contribution in [-0.2, 0) is 10.1 Å². The van der Waals surface area contributed by atoms with Gasteiger partial charge in [-0.05, 0) is 48.2 Å². The summed E-state index contributed by atoms with van der Waals surface area (Å²) in [4.78, 5) is 12.7. The zero-order valence-electron chi connectivity index (χ0n) is 19.4. The third-order valence-corrected chi connectivity index (χ3v) is 6.99. The maximum Gasteiger partial charge on any atom is 0.296 e. The number of anilines is 1. The normalized spacial score (nSPS) is 11.7. The molecule has 0 saturated carbocycles. The molecule has 0 bridgehead atoms. The first-order valence-electron chi connectivity index (χ1n) is 10.6. The molecule has 12 heteroatoms. The van der Waals surface area contributed by atoms with Gasteiger partial charge in [-0.1, -0.05) is 47.5 Å². The van der Waals surface area contributed by atoms with E-state index in [9.17, 15) is 22.9 Å². The van der Waals surface area contributed by atoms with Gasteiger partial charge in [0.2, 0.25) is 0 Å². The number of hydrogen-bond acceptors (Lipinski definition) is 7. The van der Waals surface area contributed by atoms with Crippen molar-refractivity contribution in [3.8, 4) is 11.5 Å². The minimum absolute atomic E-state index is 0.0145. The lowest BCUT2D eigenvalue weighted by Gasteiger charge is -2.13. The predicted octanol–water partition coefficient (Wildman–Crippen LogP) is 7.08. The van der Waals surface area contributed by atoms with Crippen LogP contribution in [0.1, 0.15) is 15.9 Å². The fourth-order valence-electron chi connectivity index (χ4n) is 3.60. The fourth-order valence-corrected chi connectivity index (χ4v) is 4.85. The summed E-state index contributed by atoms with van der Waals surface area (Å²) in [6.45, 7) is 1.56. The SMILES string of the molecule is COc1cc(Cl)ccc1NC(=O)c1cc2ccccc2c(N=Nc2cc(Cl)c(S(=O)(=O)O)cc2C)c1O. The molecule has 0 aromatic heterocycles. The zero-order valence-corrected chi connectivity index (χ0v) is 21.7. The Labute approximate surface area is 222 Å². The molecule has 37 heavy (non-hydrogen) atoms. The van der Waals surface area contributed by atoms with Crippen LogP contribution in [0.15, 0.2) is 75.8 Å². The van der Waals surface area contributed by atoms with Crippen molar-refractivity contribution in [1.29, 1.82) is 0 Å². The van der Waals surface area contributed by atoms with E-state index >= 15 is 0 Å². The fraction of sp³-hybridized carbons (Fsp3) is 0.0800. The third-order valence-electron chi connectivity index (χ3n) is 5.44. The lowest BCUT2D eigenvalue weighted by molar-refractivity contribution is 0.102. The van der Waals surface area contributed by atoms with E-state index in [0.717, 1.165) is 6.07 Å². The van der Waals surface area contributed by atoms with Crippen LogP contribution in [0.5, 0.6) is 11.5 Å². The lowest BCUT2D eigenvalue weighted by atomic mass is 10.0. The van der Waals surface area contributed by atoms with E-state index in [-0.39, 0.29) is 22.0 Å². The van der Waals surface area contributed by atoms with Crippen LogP contribution in [0.25, 0.3) is 10.8 Å². The molecule has 9 nitrogen and oxygen atoms in total. The Hall–Kier alpha value is -3.70. The quantitative estimate of drug-likeness (QED) is 0.170. The summed E-state index contributed by atoms with van der Waals surface area (Å²) in [5, 5.41) is 23.4. The van der Waals surface area contributed by atoms with Crippen LogP contribution in [0.4, 0.5) is 17.1 Å². The van der Waals surface area contributed by atoms with Gasteiger partial charge in [0.25, 0.3) is 16.0 Å². The van der Waals surface area contributed by atoms with Crippen molar-refractivity contribution < 1.29 is 27.6 Å². The Morgan fingerprint density at radius 2 is 1.76 bits per heavy atom. The van der Waals surface area contributed by atoms with E-state index in [1.165, 1.54) is 25.3 Å². The molecule has 0 aliphatic carbocycles. The number of halogens is 2. The molecule has 0 atom stereocenters. The van der Waals surface area contributed by atoms with Crippen LogP contribution < -0.4 is 10.1 Å². The third kappa shape index (κ3) is 5.52. The molecule has 0 fully saturated rings. The van der Waals surface area contributed by atoms with Gasteiger partial charge in [-0.2, -0.15) is 13.5 Å². The highest BCUT2D eigenvalue weighted by atomic mass is 35.5. The summed E-state index contributed by atoms with van der Waals surface area (Å²) in [5.41, 5.74) is 0.841. The summed E-state index contributed by atoms with van der Waals surface area (Å²) < 4.78 is 37.6. The van der Waals surface area contributed by atoms with E-state index in [2.05, 4.69) is 15.5 Å². The molecule has 0 unspecified atom stereocenters. The topological polar surface area (TPSA) is 138 Å². The number of fused-ring (bicyclic) bond motifs is 1. The van der Waals surface area contributed by atoms with E-state index in [1.807, 2.05) is 0 Å². The molecule has 190 valence electrons. The standard InChI is InChI=1S/C25H19Cl2N3O6S/c1-13-9-22(37(33,34)35)18(27)12-20(13)29-30-23-16-6-4-3-5-14(16)10-17(24(23)31)25(32)28-19-8-7-15(26)11-21(19)36-2/h3-12,31H,1-2H3,(H,28,32)(H,33,34,35). The number of rotatable bonds is 6. The maximum absolute atomic E-state index is 13.2. The summed E-state index contributed by atoms with van der Waals surface area (Å²) in [5.74, 6) is -0.718. The second-order valence-corrected chi connectivity index (χ2v) is 10.1. The molecule has 4 rings (SSSR count). The number of carbonyl (C=O) groups is 1. The number of azo groups is 1. The second kappa shape index (κ2) is 10.3. The molecule has 3 N–H and O–H groups in total. The highest BCUT2D eigenvalue weighted by Crippen LogP contribution is 2.41. The lowest BCUT2D eigenvalue weighted by Crippen LogP contribution is -2.13. The van der Waals surface area contributed by atoms with Crippen molar-refractivity contribution in [3.63, 3.8) is 0 Å². The van der Waals surface area contributed by atoms with E-state index in [1.54, 1.807) is 43.3 Å². The Morgan fingerprint density at radius 3 is 2.46 bits per heavy atom. The maximum atomic E-state index is 13.2. The molecular formula is C25H19Cl2N3O6S. The molecule has 0 spiro atoms. The monoisotopic (exact) mass is 559 g/mol. The molecule has 0 aliphatic rings. The Morgan fingerprint density at radius 1 is 1.03 bits per heavy atom. The highest BCUT2D eigenvalue weighted by molar-refractivity contribution is 7.86. The molecule has 4 aromatic rings. The van der Waals surface area contributed by atoms with Crippen LogP contribution in [0, 0.1) is 6.92 Å². The minimum atomic E-state index is -4.53. The number of amides is 1. The number of nitrogens with one attached hydrogen (secondary N) is 1. The van der Waals surface area contributed by atoms with Crippen molar-refractivity contribution in [1.82, 2.24) is 0 Å². The first kappa shape index (κ1) is 26.4. The molecule has 0 saturated heterocycles. The predicted molar refractivity (Wildman–Crippen MR) is 142 cm³/mol. The van der Waals surface area contributed by atoms with Crippen molar-refractivity contribution in [3.05, 3.63) is 81.8 Å². The van der Waals surface area contributed by atoms with Gasteiger partial charge in [0, 0.05) is 16.5 Å². The van der Waals surface area contributed by atoms with Crippen molar-refractivity contribution in [2.75, 3.05) is 12.4 Å². The number of carbonyl (C=O) groups excluding carboxylic acids is 1. The number of hydrogen-bond donors (Lipinski definition) is 3. The van der Waals surface area contributed by atoms with E-state index in [4.69, 9.17) is 27.9 Å². The molecule has 4 aromatic carbocycles. The average Bonchev–Trinajstić information content (AvgIpc) is 2.85. The highest BCUT2D eigenvalue weighted by Gasteiger charge is 2.21. The van der Waals surface area contributed by atoms with Crippen molar-refractivity contribution >= 4 is 67.1 Å². The van der Waals surface area contributed by atoms with Crippen LogP contribution in [0.2, 0.25) is 10.0 Å². The molecule has 0 heterocycles. The Bertz CT molecular complexity index is 1690. The second-order valence-electron chi connectivity index (χ2n) is 7.89. The van der Waals surface area contributed by atoms with Crippen molar-refractivity contribution in [2.24, 2.45) is 10.2 Å². The first-order chi connectivity index (χ1) is 17.5. The number of phenols is 1. The number of ether oxygens (including phenoxy) is 1. The van der Waals surface area contributed by atoms with Gasteiger partial charge in [-0.15, -0.1) is 5.11 Å². The van der Waals surface area contributed by atoms with Crippen LogP contribution in [0.3, 0.4) is 0 Å². The van der Waals surface area contributed by atoms with Gasteiger partial charge in [0.1, 0.15) is 16.3 Å². The summed E-state index contributed by atoms with van der Waals surface area (Å²) in [6, 6.07) is 15.6. The number of aryl methyl sites for hydroxylation is 1. The molecule has 0 aliphatic heterocycles. The van der Waals surface area contributed by atoms with Crippen LogP contribution in [-0.4, -0.2) is 31.1 Å². The van der Waals surface area contributed by atoms with Gasteiger partial charge in [0.15, 0.2) is 5.75 Å². The van der Waals surface area contributed by atoms with Gasteiger partial charge in [-0.3, -0.25) is 9.35 Å². The number of phenolic OH excluding ortho intramolecular Hbond substituents is 1. The smallest absolute Gasteiger partial charge is 0.296 e. The average molecular weight is 560 g/mol. The summed E-state index contributed by atoms with van der Waals surface area (Å²) in [7, 11) is -3.09. The summed E-state index contributed by atoms with van der Waals surface area (Å²) in [6.07, 6.45) is 0. The Balaban J connectivity index is 1.79. The van der Waals surface area contributed by atoms with Gasteiger partial charge in [-0.25, -0.2) is 0 Å². The van der Waals surface area contributed by atoms with Gasteiger partial charge < -0.3 is 15.2 Å². The molecule has 0 radical (unpaired) electrons. The van der Waals surface area contributed by atoms with E-state index in [0.29, 0.717) is 32.8 Å². The largest absolute Gasteiger partial charge is 0.505 e. The van der Waals surface area contributed by atoms with Gasteiger partial charge >= 0.3 is 0 Å². The summed E-state index contributed by atoms with van der Waals surface area (Å²) >= 11 is 12.0. The first-order valence-corrected chi connectivity index (χ1v) is 12.8. The van der Waals surface area contributed by atoms with Gasteiger partial charge in [0.05, 0.1) is 29.1 Å². The van der Waals surface area contributed by atoms with Crippen LogP contribution >= 0.6 is 23.2 Å². The molecular weight excluding hydrogens is 541 g/mol. The minimum Gasteiger partial charge on any atom is -0.505 e. The van der Waals surface area contributed by atoms with E-state index < -0.39 is 26.7 Å².